The molecule has 1 atom stereocenters. The molecule has 1 aromatic rings. The fraction of sp³-hybridized carbons (Fsp3) is 0.667. The number of pyridine rings is 1. The number of rotatable bonds is 11. The monoisotopic (exact) mass is 370 g/mol. The Bertz CT molecular complexity index is 586. The van der Waals surface area contributed by atoms with Crippen LogP contribution in [-0.4, -0.2) is 59.6 Å². The van der Waals surface area contributed by atoms with Gasteiger partial charge >= 0.3 is 5.97 Å². The number of aromatic nitrogens is 1. The molecule has 0 fully saturated rings. The second-order valence-corrected chi connectivity index (χ2v) is 6.72. The molecule has 2 heterocycles. The molecule has 1 aromatic heterocycles. The van der Waals surface area contributed by atoms with Gasteiger partial charge in [-0.05, 0) is 56.7 Å². The van der Waals surface area contributed by atoms with E-state index in [2.05, 4.69) is 16.4 Å². The van der Waals surface area contributed by atoms with E-state index in [4.69, 9.17) is 10.8 Å². The van der Waals surface area contributed by atoms with Crippen molar-refractivity contribution in [2.45, 2.75) is 51.0 Å². The molecule has 0 amide bonds. The molecule has 26 heavy (non-hydrogen) atoms. The Hall–Kier alpha value is -1.80. The Morgan fingerprint density at radius 2 is 2.15 bits per heavy atom. The summed E-state index contributed by atoms with van der Waals surface area (Å²) in [5.41, 5.74) is 7.71. The van der Waals surface area contributed by atoms with Crippen molar-refractivity contribution < 1.29 is 18.7 Å². The van der Waals surface area contributed by atoms with Crippen molar-refractivity contribution in [3.63, 3.8) is 0 Å². The molecule has 0 spiro atoms. The molecule has 8 heteroatoms. The van der Waals surface area contributed by atoms with Gasteiger partial charge in [0, 0.05) is 18.8 Å². The molecule has 0 radical (unpaired) electrons. The van der Waals surface area contributed by atoms with Crippen LogP contribution in [0.15, 0.2) is 12.1 Å². The van der Waals surface area contributed by atoms with Gasteiger partial charge in [0.05, 0.1) is 6.54 Å². The summed E-state index contributed by atoms with van der Waals surface area (Å²) in [5, 5.41) is 12.1. The molecule has 1 aliphatic rings. The number of aryl methyl sites for hydroxylation is 2. The smallest absolute Gasteiger partial charge is 0.320 e. The van der Waals surface area contributed by atoms with Crippen LogP contribution in [0.2, 0.25) is 0 Å². The number of nitrogens with two attached hydrogens (primary N) is 1. The van der Waals surface area contributed by atoms with Gasteiger partial charge in [0.25, 0.3) is 6.43 Å². The minimum atomic E-state index is -2.44. The SMILES string of the molecule is N[C@@H](CCN(CCCCc1ccc2c(n1)NCCC2)CC(F)F)C(=O)O. The van der Waals surface area contributed by atoms with Crippen LogP contribution >= 0.6 is 0 Å². The molecule has 1 aliphatic heterocycles. The Morgan fingerprint density at radius 3 is 2.88 bits per heavy atom. The minimum Gasteiger partial charge on any atom is -0.480 e. The zero-order chi connectivity index (χ0) is 18.9. The number of carboxylic acids is 1. The first-order chi connectivity index (χ1) is 12.5. The Kier molecular flexibility index (Phi) is 8.18. The van der Waals surface area contributed by atoms with Crippen molar-refractivity contribution >= 4 is 11.8 Å². The van der Waals surface area contributed by atoms with Crippen molar-refractivity contribution in [1.29, 1.82) is 0 Å². The summed E-state index contributed by atoms with van der Waals surface area (Å²) in [6, 6.07) is 3.14. The van der Waals surface area contributed by atoms with Crippen LogP contribution in [0.5, 0.6) is 0 Å². The van der Waals surface area contributed by atoms with Gasteiger partial charge in [0.1, 0.15) is 11.9 Å². The lowest BCUT2D eigenvalue weighted by Gasteiger charge is -2.22. The lowest BCUT2D eigenvalue weighted by atomic mass is 10.1. The predicted molar refractivity (Wildman–Crippen MR) is 96.7 cm³/mol. The number of unbranched alkanes of at least 4 members (excludes halogenated alkanes) is 1. The number of nitrogens with zero attached hydrogens (tertiary/aromatic N) is 2. The molecule has 0 saturated heterocycles. The lowest BCUT2D eigenvalue weighted by molar-refractivity contribution is -0.138. The molecular formula is C18H28F2N4O2. The fourth-order valence-electron chi connectivity index (χ4n) is 3.08. The molecule has 146 valence electrons. The van der Waals surface area contributed by atoms with Crippen LogP contribution < -0.4 is 11.1 Å². The Labute approximate surface area is 152 Å². The minimum absolute atomic E-state index is 0.167. The number of hydrogen-bond donors (Lipinski definition) is 3. The molecule has 0 unspecified atom stereocenters. The van der Waals surface area contributed by atoms with Crippen molar-refractivity contribution in [2.75, 3.05) is 31.5 Å². The van der Waals surface area contributed by atoms with E-state index in [-0.39, 0.29) is 19.5 Å². The van der Waals surface area contributed by atoms with Crippen molar-refractivity contribution in [1.82, 2.24) is 9.88 Å². The molecule has 2 rings (SSSR count). The van der Waals surface area contributed by atoms with E-state index in [1.807, 2.05) is 6.07 Å². The van der Waals surface area contributed by atoms with E-state index >= 15 is 0 Å². The van der Waals surface area contributed by atoms with Gasteiger partial charge in [-0.1, -0.05) is 6.07 Å². The number of alkyl halides is 2. The standard InChI is InChI=1S/C18H28F2N4O2/c19-16(20)12-24(11-8-15(21)18(25)26)10-2-1-5-14-7-6-13-4-3-9-22-17(13)23-14/h6-7,15-16H,1-5,8-12,21H2,(H,22,23)(H,25,26)/t15-/m0/s1. The second kappa shape index (κ2) is 10.4. The van der Waals surface area contributed by atoms with Gasteiger partial charge in [-0.3, -0.25) is 9.69 Å². The van der Waals surface area contributed by atoms with Crippen molar-refractivity contribution in [3.05, 3.63) is 23.4 Å². The van der Waals surface area contributed by atoms with Gasteiger partial charge < -0.3 is 16.2 Å². The Morgan fingerprint density at radius 1 is 1.35 bits per heavy atom. The maximum absolute atomic E-state index is 12.7. The summed E-state index contributed by atoms with van der Waals surface area (Å²) in [4.78, 5) is 17.0. The van der Waals surface area contributed by atoms with E-state index in [1.165, 1.54) is 5.56 Å². The first-order valence-electron chi connectivity index (χ1n) is 9.17. The quantitative estimate of drug-likeness (QED) is 0.517. The molecular weight excluding hydrogens is 342 g/mol. The van der Waals surface area contributed by atoms with Gasteiger partial charge in [-0.2, -0.15) is 0 Å². The average Bonchev–Trinajstić information content (AvgIpc) is 2.62. The third-order valence-electron chi connectivity index (χ3n) is 4.58. The first kappa shape index (κ1) is 20.5. The summed E-state index contributed by atoms with van der Waals surface area (Å²) >= 11 is 0. The number of carboxylic acid groups (broad SMARTS) is 1. The molecule has 4 N–H and O–H groups in total. The number of nitrogens with one attached hydrogen (secondary N) is 1. The van der Waals surface area contributed by atoms with Crippen LogP contribution in [0.3, 0.4) is 0 Å². The first-order valence-corrected chi connectivity index (χ1v) is 9.17. The van der Waals surface area contributed by atoms with Gasteiger partial charge in [0.15, 0.2) is 0 Å². The summed E-state index contributed by atoms with van der Waals surface area (Å²) < 4.78 is 25.4. The molecule has 6 nitrogen and oxygen atoms in total. The molecule has 0 bridgehead atoms. The fourth-order valence-corrected chi connectivity index (χ4v) is 3.08. The maximum atomic E-state index is 12.7. The lowest BCUT2D eigenvalue weighted by Crippen LogP contribution is -2.37. The molecule has 0 aliphatic carbocycles. The van der Waals surface area contributed by atoms with Crippen LogP contribution in [0.4, 0.5) is 14.6 Å². The Balaban J connectivity index is 1.75. The van der Waals surface area contributed by atoms with E-state index in [1.54, 1.807) is 4.90 Å². The normalized spacial score (nSPS) is 15.0. The topological polar surface area (TPSA) is 91.5 Å². The largest absolute Gasteiger partial charge is 0.480 e. The number of aliphatic carboxylic acids is 1. The number of halogens is 2. The zero-order valence-electron chi connectivity index (χ0n) is 15.0. The summed E-state index contributed by atoms with van der Waals surface area (Å²) in [7, 11) is 0. The predicted octanol–water partition coefficient (Wildman–Crippen LogP) is 2.13. The highest BCUT2D eigenvalue weighted by atomic mass is 19.3. The average molecular weight is 370 g/mol. The number of anilines is 1. The van der Waals surface area contributed by atoms with Gasteiger partial charge in [0.2, 0.25) is 0 Å². The van der Waals surface area contributed by atoms with Crippen LogP contribution in [0.25, 0.3) is 0 Å². The highest BCUT2D eigenvalue weighted by Crippen LogP contribution is 2.20. The molecule has 0 saturated carbocycles. The second-order valence-electron chi connectivity index (χ2n) is 6.72. The zero-order valence-corrected chi connectivity index (χ0v) is 15.0. The highest BCUT2D eigenvalue weighted by molar-refractivity contribution is 5.72. The molecule has 0 aromatic carbocycles. The third kappa shape index (κ3) is 6.84. The van der Waals surface area contributed by atoms with E-state index in [0.29, 0.717) is 6.54 Å². The maximum Gasteiger partial charge on any atom is 0.320 e. The van der Waals surface area contributed by atoms with Crippen LogP contribution in [0, 0.1) is 0 Å². The summed E-state index contributed by atoms with van der Waals surface area (Å²) in [5.74, 6) is -0.134. The van der Waals surface area contributed by atoms with E-state index < -0.39 is 18.4 Å². The van der Waals surface area contributed by atoms with Crippen molar-refractivity contribution in [3.8, 4) is 0 Å². The third-order valence-corrected chi connectivity index (χ3v) is 4.58. The van der Waals surface area contributed by atoms with Crippen molar-refractivity contribution in [2.24, 2.45) is 5.73 Å². The number of carbonyl (C=O) groups is 1. The number of hydrogen-bond acceptors (Lipinski definition) is 5. The summed E-state index contributed by atoms with van der Waals surface area (Å²) in [6.07, 6.45) is 2.30. The van der Waals surface area contributed by atoms with Crippen LogP contribution in [0.1, 0.15) is 36.9 Å². The van der Waals surface area contributed by atoms with Gasteiger partial charge in [-0.15, -0.1) is 0 Å². The highest BCUT2D eigenvalue weighted by Gasteiger charge is 2.16. The van der Waals surface area contributed by atoms with E-state index in [0.717, 1.165) is 50.2 Å². The van der Waals surface area contributed by atoms with Gasteiger partial charge in [-0.25, -0.2) is 13.8 Å². The van der Waals surface area contributed by atoms with E-state index in [9.17, 15) is 13.6 Å². The summed E-state index contributed by atoms with van der Waals surface area (Å²) in [6.45, 7) is 1.36. The van der Waals surface area contributed by atoms with Crippen LogP contribution in [-0.2, 0) is 17.6 Å². The number of fused-ring (bicyclic) bond motifs is 1.